The normalized spacial score (nSPS) is 26.5. The second kappa shape index (κ2) is 9.42. The number of carbonyl (C=O) groups is 3. The lowest BCUT2D eigenvalue weighted by Gasteiger charge is -2.34. The molecule has 1 aromatic rings. The molecule has 3 fully saturated rings. The molecular weight excluding hydrogens is 444 g/mol. The van der Waals surface area contributed by atoms with Gasteiger partial charge in [-0.3, -0.25) is 14.5 Å². The van der Waals surface area contributed by atoms with Gasteiger partial charge in [0.15, 0.2) is 0 Å². The molecule has 1 saturated carbocycles. The van der Waals surface area contributed by atoms with Gasteiger partial charge in [0.25, 0.3) is 5.91 Å². The van der Waals surface area contributed by atoms with Crippen LogP contribution in [-0.4, -0.2) is 60.6 Å². The third kappa shape index (κ3) is 4.77. The average Bonchev–Trinajstić information content (AvgIpc) is 3.04. The van der Waals surface area contributed by atoms with Gasteiger partial charge in [-0.2, -0.15) is 4.31 Å². The Kier molecular flexibility index (Phi) is 6.76. The van der Waals surface area contributed by atoms with Crippen LogP contribution in [0.15, 0.2) is 29.2 Å². The summed E-state index contributed by atoms with van der Waals surface area (Å²) in [4.78, 5) is 39.2. The van der Waals surface area contributed by atoms with Crippen LogP contribution in [0.3, 0.4) is 0 Å². The van der Waals surface area contributed by atoms with E-state index >= 15 is 0 Å². The number of amides is 4. The number of imide groups is 1. The number of urea groups is 1. The topological polar surface area (TPSA) is 116 Å². The summed E-state index contributed by atoms with van der Waals surface area (Å²) in [6, 6.07) is 5.54. The molecule has 2 saturated heterocycles. The van der Waals surface area contributed by atoms with Crippen LogP contribution in [0.2, 0.25) is 0 Å². The molecule has 3 aliphatic rings. The van der Waals surface area contributed by atoms with Crippen molar-refractivity contribution in [2.45, 2.75) is 68.7 Å². The van der Waals surface area contributed by atoms with Gasteiger partial charge in [0.1, 0.15) is 12.1 Å². The average molecular weight is 477 g/mol. The van der Waals surface area contributed by atoms with Crippen LogP contribution in [0.5, 0.6) is 0 Å². The van der Waals surface area contributed by atoms with Crippen molar-refractivity contribution in [2.75, 3.05) is 25.0 Å². The Morgan fingerprint density at radius 2 is 1.85 bits per heavy atom. The molecule has 1 aliphatic carbocycles. The molecular formula is C23H32N4O5S. The lowest BCUT2D eigenvalue weighted by molar-refractivity contribution is -0.135. The van der Waals surface area contributed by atoms with Crippen molar-refractivity contribution in [1.82, 2.24) is 14.5 Å². The maximum absolute atomic E-state index is 13.0. The molecule has 33 heavy (non-hydrogen) atoms. The molecule has 2 heterocycles. The van der Waals surface area contributed by atoms with Crippen LogP contribution in [0.4, 0.5) is 10.5 Å². The Balaban J connectivity index is 1.41. The second-order valence-corrected chi connectivity index (χ2v) is 11.2. The zero-order valence-corrected chi connectivity index (χ0v) is 19.8. The summed E-state index contributed by atoms with van der Waals surface area (Å²) in [6.45, 7) is 2.70. The summed E-state index contributed by atoms with van der Waals surface area (Å²) in [5, 5.41) is 5.46. The number of piperidine rings is 1. The van der Waals surface area contributed by atoms with E-state index in [2.05, 4.69) is 17.6 Å². The fourth-order valence-electron chi connectivity index (χ4n) is 5.07. The monoisotopic (exact) mass is 476 g/mol. The van der Waals surface area contributed by atoms with Crippen LogP contribution in [0, 0.1) is 5.92 Å². The number of nitrogens with one attached hydrogen (secondary N) is 2. The highest BCUT2D eigenvalue weighted by molar-refractivity contribution is 7.89. The lowest BCUT2D eigenvalue weighted by atomic mass is 9.75. The van der Waals surface area contributed by atoms with Crippen molar-refractivity contribution in [3.63, 3.8) is 0 Å². The quantitative estimate of drug-likeness (QED) is 0.613. The minimum atomic E-state index is -3.63. The van der Waals surface area contributed by atoms with Crippen LogP contribution in [0.25, 0.3) is 0 Å². The van der Waals surface area contributed by atoms with Gasteiger partial charge in [0.05, 0.1) is 4.90 Å². The molecule has 0 atom stereocenters. The van der Waals surface area contributed by atoms with E-state index in [4.69, 9.17) is 0 Å². The number of hydrogen-bond acceptors (Lipinski definition) is 5. The molecule has 1 aromatic carbocycles. The van der Waals surface area contributed by atoms with Crippen molar-refractivity contribution in [3.8, 4) is 0 Å². The minimum absolute atomic E-state index is 0.115. The van der Waals surface area contributed by atoms with Crippen LogP contribution in [-0.2, 0) is 19.6 Å². The fraction of sp³-hybridized carbons (Fsp3) is 0.609. The molecule has 4 rings (SSSR count). The molecule has 0 radical (unpaired) electrons. The van der Waals surface area contributed by atoms with Gasteiger partial charge in [0.2, 0.25) is 15.9 Å². The Morgan fingerprint density at radius 1 is 1.15 bits per heavy atom. The minimum Gasteiger partial charge on any atom is -0.324 e. The van der Waals surface area contributed by atoms with Crippen molar-refractivity contribution in [2.24, 2.45) is 5.92 Å². The second-order valence-electron chi connectivity index (χ2n) is 9.30. The van der Waals surface area contributed by atoms with E-state index < -0.39 is 34.0 Å². The van der Waals surface area contributed by atoms with Crippen molar-refractivity contribution in [1.29, 1.82) is 0 Å². The maximum Gasteiger partial charge on any atom is 0.325 e. The van der Waals surface area contributed by atoms with E-state index in [0.29, 0.717) is 37.5 Å². The Labute approximate surface area is 194 Å². The Bertz CT molecular complexity index is 1030. The number of carbonyl (C=O) groups excluding carboxylic acids is 3. The number of anilines is 1. The first-order valence-corrected chi connectivity index (χ1v) is 13.2. The molecule has 2 aliphatic heterocycles. The van der Waals surface area contributed by atoms with E-state index in [1.807, 2.05) is 0 Å². The number of hydrogen-bond donors (Lipinski definition) is 2. The highest BCUT2D eigenvalue weighted by atomic mass is 32.2. The van der Waals surface area contributed by atoms with Gasteiger partial charge in [0, 0.05) is 18.8 Å². The van der Waals surface area contributed by atoms with Gasteiger partial charge in [-0.25, -0.2) is 13.2 Å². The van der Waals surface area contributed by atoms with Crippen molar-refractivity contribution in [3.05, 3.63) is 24.3 Å². The number of rotatable bonds is 6. The summed E-state index contributed by atoms with van der Waals surface area (Å²) >= 11 is 0. The summed E-state index contributed by atoms with van der Waals surface area (Å²) < 4.78 is 27.3. The number of benzene rings is 1. The summed E-state index contributed by atoms with van der Waals surface area (Å²) in [6.07, 6.45) is 6.67. The molecule has 2 N–H and O–H groups in total. The fourth-order valence-corrected chi connectivity index (χ4v) is 6.63. The summed E-state index contributed by atoms with van der Waals surface area (Å²) in [5.41, 5.74) is -0.589. The van der Waals surface area contributed by atoms with E-state index in [1.54, 1.807) is 12.1 Å². The van der Waals surface area contributed by atoms with E-state index in [1.165, 1.54) is 16.4 Å². The van der Waals surface area contributed by atoms with Gasteiger partial charge in [-0.15, -0.1) is 0 Å². The largest absolute Gasteiger partial charge is 0.325 e. The van der Waals surface area contributed by atoms with Crippen LogP contribution in [0.1, 0.15) is 58.3 Å². The molecule has 4 amide bonds. The zero-order valence-electron chi connectivity index (χ0n) is 19.0. The van der Waals surface area contributed by atoms with Crippen LogP contribution >= 0.6 is 0 Å². The number of sulfonamides is 1. The molecule has 0 bridgehead atoms. The van der Waals surface area contributed by atoms with E-state index in [9.17, 15) is 22.8 Å². The van der Waals surface area contributed by atoms with E-state index in [0.717, 1.165) is 43.4 Å². The molecule has 0 unspecified atom stereocenters. The lowest BCUT2D eigenvalue weighted by Crippen LogP contribution is -2.49. The van der Waals surface area contributed by atoms with Crippen molar-refractivity contribution < 1.29 is 22.8 Å². The SMILES string of the molecule is CCC1CCC2(CC1)NC(=O)N(CC(=O)Nc1cccc(S(=O)(=O)N3CCCCC3)c1)C2=O. The molecule has 10 heteroatoms. The Hall–Kier alpha value is -2.46. The molecule has 180 valence electrons. The highest BCUT2D eigenvalue weighted by Gasteiger charge is 2.52. The van der Waals surface area contributed by atoms with Crippen molar-refractivity contribution >= 4 is 33.6 Å². The third-order valence-electron chi connectivity index (χ3n) is 7.15. The Morgan fingerprint density at radius 3 is 2.52 bits per heavy atom. The maximum atomic E-state index is 13.0. The zero-order chi connectivity index (χ0) is 23.6. The van der Waals surface area contributed by atoms with Gasteiger partial charge in [-0.1, -0.05) is 25.8 Å². The summed E-state index contributed by atoms with van der Waals surface area (Å²) in [7, 11) is -3.63. The first-order chi connectivity index (χ1) is 15.7. The third-order valence-corrected chi connectivity index (χ3v) is 9.05. The van der Waals surface area contributed by atoms with Gasteiger partial charge >= 0.3 is 6.03 Å². The number of nitrogens with zero attached hydrogens (tertiary/aromatic N) is 2. The molecule has 0 aromatic heterocycles. The van der Waals surface area contributed by atoms with Gasteiger partial charge in [-0.05, 0) is 62.6 Å². The molecule has 9 nitrogen and oxygen atoms in total. The molecule has 1 spiro atoms. The smallest absolute Gasteiger partial charge is 0.324 e. The highest BCUT2D eigenvalue weighted by Crippen LogP contribution is 2.37. The van der Waals surface area contributed by atoms with Gasteiger partial charge < -0.3 is 10.6 Å². The van der Waals surface area contributed by atoms with E-state index in [-0.39, 0.29) is 10.8 Å². The summed E-state index contributed by atoms with van der Waals surface area (Å²) in [5.74, 6) is -0.338. The first-order valence-electron chi connectivity index (χ1n) is 11.8. The predicted molar refractivity (Wildman–Crippen MR) is 123 cm³/mol. The first kappa shape index (κ1) is 23.7. The standard InChI is InChI=1S/C23H32N4O5S/c1-2-17-9-11-23(12-10-17)21(29)27(22(30)25-23)16-20(28)24-18-7-6-8-19(15-18)33(31,32)26-13-4-3-5-14-26/h6-8,15,17H,2-5,9-14,16H2,1H3,(H,24,28)(H,25,30). The predicted octanol–water partition coefficient (Wildman–Crippen LogP) is 2.69. The van der Waals surface area contributed by atoms with Crippen LogP contribution < -0.4 is 10.6 Å².